The van der Waals surface area contributed by atoms with Gasteiger partial charge in [0.1, 0.15) is 23.4 Å². The lowest BCUT2D eigenvalue weighted by Gasteiger charge is -2.36. The minimum absolute atomic E-state index is 0.238. The molecule has 3 amide bonds. The molecule has 0 fully saturated rings. The standard InChI is InChI=1S/C32H47N3O5/c1-10-11-12-20-35(30(37)27(21(2)3)34-31(38)40-32(6,7)8)28(26-15-13-14-22(4)23(26)5)29(36)33-24-16-18-25(39-9)19-17-24/h13-19,21,27-28H,10-12,20H2,1-9H3,(H,33,36)(H,34,38). The highest BCUT2D eigenvalue weighted by atomic mass is 16.6. The molecule has 2 atom stereocenters. The largest absolute Gasteiger partial charge is 0.497 e. The molecule has 0 saturated heterocycles. The van der Waals surface area contributed by atoms with Crippen LogP contribution in [0.5, 0.6) is 5.75 Å². The Hall–Kier alpha value is -3.55. The first-order valence-electron chi connectivity index (χ1n) is 14.1. The second-order valence-corrected chi connectivity index (χ2v) is 11.5. The number of hydrogen-bond donors (Lipinski definition) is 2. The number of alkyl carbamates (subject to hydrolysis) is 1. The molecule has 0 aliphatic carbocycles. The van der Waals surface area contributed by atoms with Gasteiger partial charge in [0, 0.05) is 12.2 Å². The van der Waals surface area contributed by atoms with Gasteiger partial charge >= 0.3 is 6.09 Å². The Bertz CT molecular complexity index is 1140. The molecule has 40 heavy (non-hydrogen) atoms. The number of unbranched alkanes of at least 4 members (excludes halogenated alkanes) is 2. The summed E-state index contributed by atoms with van der Waals surface area (Å²) >= 11 is 0. The molecule has 0 aliphatic rings. The van der Waals surface area contributed by atoms with Crippen LogP contribution in [0.4, 0.5) is 10.5 Å². The van der Waals surface area contributed by atoms with Crippen LogP contribution in [0, 0.1) is 19.8 Å². The van der Waals surface area contributed by atoms with Gasteiger partial charge in [0.15, 0.2) is 0 Å². The number of aryl methyl sites for hydroxylation is 1. The normalized spacial score (nSPS) is 12.8. The molecule has 0 radical (unpaired) electrons. The lowest BCUT2D eigenvalue weighted by atomic mass is 9.93. The summed E-state index contributed by atoms with van der Waals surface area (Å²) in [4.78, 5) is 42.7. The molecule has 2 aromatic carbocycles. The lowest BCUT2D eigenvalue weighted by molar-refractivity contribution is -0.141. The molecule has 220 valence electrons. The molecule has 2 aromatic rings. The van der Waals surface area contributed by atoms with E-state index >= 15 is 0 Å². The monoisotopic (exact) mass is 553 g/mol. The summed E-state index contributed by atoms with van der Waals surface area (Å²) in [6.07, 6.45) is 1.91. The highest BCUT2D eigenvalue weighted by Crippen LogP contribution is 2.30. The van der Waals surface area contributed by atoms with Gasteiger partial charge in [-0.05, 0) is 87.9 Å². The summed E-state index contributed by atoms with van der Waals surface area (Å²) in [5, 5.41) is 5.78. The summed E-state index contributed by atoms with van der Waals surface area (Å²) in [6, 6.07) is 11.1. The topological polar surface area (TPSA) is 97.0 Å². The fraction of sp³-hybridized carbons (Fsp3) is 0.531. The van der Waals surface area contributed by atoms with Crippen molar-refractivity contribution in [3.05, 3.63) is 59.2 Å². The van der Waals surface area contributed by atoms with E-state index in [2.05, 4.69) is 17.6 Å². The van der Waals surface area contributed by atoms with E-state index in [1.807, 2.05) is 45.9 Å². The molecular formula is C32H47N3O5. The number of hydrogen-bond acceptors (Lipinski definition) is 5. The molecule has 2 unspecified atom stereocenters. The van der Waals surface area contributed by atoms with Gasteiger partial charge in [-0.1, -0.05) is 51.8 Å². The van der Waals surface area contributed by atoms with Crippen LogP contribution in [0.25, 0.3) is 0 Å². The van der Waals surface area contributed by atoms with Gasteiger partial charge in [-0.15, -0.1) is 0 Å². The van der Waals surface area contributed by atoms with Crippen molar-refractivity contribution in [3.63, 3.8) is 0 Å². The smallest absolute Gasteiger partial charge is 0.408 e. The Kier molecular flexibility index (Phi) is 12.0. The van der Waals surface area contributed by atoms with Gasteiger partial charge in [-0.3, -0.25) is 9.59 Å². The van der Waals surface area contributed by atoms with Crippen LogP contribution >= 0.6 is 0 Å². The van der Waals surface area contributed by atoms with Crippen molar-refractivity contribution in [1.29, 1.82) is 0 Å². The quantitative estimate of drug-likeness (QED) is 0.290. The van der Waals surface area contributed by atoms with Crippen LogP contribution in [-0.4, -0.2) is 48.1 Å². The number of methoxy groups -OCH3 is 1. The fourth-order valence-electron chi connectivity index (χ4n) is 4.43. The van der Waals surface area contributed by atoms with E-state index in [1.54, 1.807) is 57.0 Å². The summed E-state index contributed by atoms with van der Waals surface area (Å²) in [5.74, 6) is -0.220. The molecule has 0 aliphatic heterocycles. The maximum absolute atomic E-state index is 14.3. The fourth-order valence-corrected chi connectivity index (χ4v) is 4.43. The van der Waals surface area contributed by atoms with E-state index in [9.17, 15) is 14.4 Å². The Balaban J connectivity index is 2.57. The first-order chi connectivity index (χ1) is 18.8. The first-order valence-corrected chi connectivity index (χ1v) is 14.1. The minimum atomic E-state index is -0.909. The van der Waals surface area contributed by atoms with Gasteiger partial charge in [-0.2, -0.15) is 0 Å². The number of carbonyl (C=O) groups is 3. The van der Waals surface area contributed by atoms with E-state index in [4.69, 9.17) is 9.47 Å². The third-order valence-corrected chi connectivity index (χ3v) is 6.75. The predicted molar refractivity (Wildman–Crippen MR) is 160 cm³/mol. The number of nitrogens with one attached hydrogen (secondary N) is 2. The SMILES string of the molecule is CCCCCN(C(=O)C(NC(=O)OC(C)(C)C)C(C)C)C(C(=O)Nc1ccc(OC)cc1)c1cccc(C)c1C. The Morgan fingerprint density at radius 3 is 2.17 bits per heavy atom. The van der Waals surface area contributed by atoms with E-state index in [0.717, 1.165) is 36.0 Å². The predicted octanol–water partition coefficient (Wildman–Crippen LogP) is 6.56. The van der Waals surface area contributed by atoms with Crippen molar-refractivity contribution >= 4 is 23.6 Å². The Morgan fingerprint density at radius 1 is 0.975 bits per heavy atom. The van der Waals surface area contributed by atoms with Crippen molar-refractivity contribution < 1.29 is 23.9 Å². The number of ether oxygens (including phenoxy) is 2. The molecule has 8 heteroatoms. The van der Waals surface area contributed by atoms with Gasteiger partial charge in [0.25, 0.3) is 5.91 Å². The van der Waals surface area contributed by atoms with Crippen LogP contribution in [0.15, 0.2) is 42.5 Å². The molecule has 2 rings (SSSR count). The molecular weight excluding hydrogens is 506 g/mol. The number of nitrogens with zero attached hydrogens (tertiary/aromatic N) is 1. The lowest BCUT2D eigenvalue weighted by Crippen LogP contribution is -2.54. The van der Waals surface area contributed by atoms with Crippen LogP contribution < -0.4 is 15.4 Å². The average Bonchev–Trinajstić information content (AvgIpc) is 2.88. The zero-order valence-electron chi connectivity index (χ0n) is 25.6. The number of amides is 3. The third-order valence-electron chi connectivity index (χ3n) is 6.75. The van der Waals surface area contributed by atoms with Gasteiger partial charge in [0.2, 0.25) is 5.91 Å². The zero-order valence-corrected chi connectivity index (χ0v) is 25.6. The molecule has 0 heterocycles. The summed E-state index contributed by atoms with van der Waals surface area (Å²) in [7, 11) is 1.58. The van der Waals surface area contributed by atoms with Crippen molar-refractivity contribution in [1.82, 2.24) is 10.2 Å². The van der Waals surface area contributed by atoms with Crippen LogP contribution in [-0.2, 0) is 14.3 Å². The van der Waals surface area contributed by atoms with Crippen molar-refractivity contribution in [2.45, 2.75) is 92.3 Å². The van der Waals surface area contributed by atoms with Crippen LogP contribution in [0.2, 0.25) is 0 Å². The Labute approximate surface area is 239 Å². The number of carbonyl (C=O) groups excluding carboxylic acids is 3. The summed E-state index contributed by atoms with van der Waals surface area (Å²) < 4.78 is 10.7. The summed E-state index contributed by atoms with van der Waals surface area (Å²) in [5.41, 5.74) is 2.58. The second-order valence-electron chi connectivity index (χ2n) is 11.5. The molecule has 0 aromatic heterocycles. The molecule has 0 bridgehead atoms. The summed E-state index contributed by atoms with van der Waals surface area (Å²) in [6.45, 7) is 15.5. The third kappa shape index (κ3) is 9.28. The van der Waals surface area contributed by atoms with E-state index in [0.29, 0.717) is 18.0 Å². The maximum atomic E-state index is 14.3. The van der Waals surface area contributed by atoms with Crippen molar-refractivity contribution in [2.75, 3.05) is 19.0 Å². The van der Waals surface area contributed by atoms with E-state index < -0.39 is 23.8 Å². The maximum Gasteiger partial charge on any atom is 0.408 e. The Morgan fingerprint density at radius 2 is 1.62 bits per heavy atom. The van der Waals surface area contributed by atoms with Gasteiger partial charge < -0.3 is 25.0 Å². The number of benzene rings is 2. The number of rotatable bonds is 12. The van der Waals surface area contributed by atoms with Gasteiger partial charge in [-0.25, -0.2) is 4.79 Å². The first kappa shape index (κ1) is 32.7. The highest BCUT2D eigenvalue weighted by Gasteiger charge is 2.38. The number of anilines is 1. The van der Waals surface area contributed by atoms with Crippen LogP contribution in [0.3, 0.4) is 0 Å². The zero-order chi connectivity index (χ0) is 30.0. The molecule has 0 saturated carbocycles. The highest BCUT2D eigenvalue weighted by molar-refractivity contribution is 5.99. The molecule has 0 spiro atoms. The van der Waals surface area contributed by atoms with E-state index in [1.165, 1.54) is 0 Å². The van der Waals surface area contributed by atoms with Crippen LogP contribution in [0.1, 0.15) is 83.5 Å². The van der Waals surface area contributed by atoms with Crippen molar-refractivity contribution in [3.8, 4) is 5.75 Å². The van der Waals surface area contributed by atoms with Gasteiger partial charge in [0.05, 0.1) is 7.11 Å². The van der Waals surface area contributed by atoms with E-state index in [-0.39, 0.29) is 17.7 Å². The molecule has 2 N–H and O–H groups in total. The second kappa shape index (κ2) is 14.7. The van der Waals surface area contributed by atoms with Crippen molar-refractivity contribution in [2.24, 2.45) is 5.92 Å². The minimum Gasteiger partial charge on any atom is -0.497 e. The average molecular weight is 554 g/mol. The molecule has 8 nitrogen and oxygen atoms in total.